The molecule has 0 amide bonds. The van der Waals surface area contributed by atoms with E-state index >= 15 is 0 Å². The van der Waals surface area contributed by atoms with Crippen molar-refractivity contribution < 1.29 is 18.0 Å². The molecule has 18 heavy (non-hydrogen) atoms. The number of carbonyl (C=O) groups excluding carboxylic acids is 1. The Labute approximate surface area is 105 Å². The van der Waals surface area contributed by atoms with Crippen LogP contribution >= 0.6 is 0 Å². The summed E-state index contributed by atoms with van der Waals surface area (Å²) >= 11 is 0. The Morgan fingerprint density at radius 2 is 1.83 bits per heavy atom. The van der Waals surface area contributed by atoms with E-state index in [1.807, 2.05) is 6.08 Å². The lowest BCUT2D eigenvalue weighted by atomic mass is 9.74. The number of Topliss-reactive ketones (excluding diaryl/α,β-unsaturated/α-hetero) is 1. The van der Waals surface area contributed by atoms with E-state index in [-0.39, 0.29) is 12.2 Å². The summed E-state index contributed by atoms with van der Waals surface area (Å²) in [5.74, 6) is -2.46. The number of ketones is 1. The van der Waals surface area contributed by atoms with Gasteiger partial charge in [0, 0.05) is 5.92 Å². The standard InChI is InChI=1S/C14H19F3O/c15-14(16,17)12-9-5-4-8-11(12)13(18)10-6-2-1-3-7-10/h6,11-12H,1-5,7-9H2. The molecule has 0 spiro atoms. The maximum Gasteiger partial charge on any atom is 0.392 e. The predicted octanol–water partition coefficient (Wildman–Crippen LogP) is 4.42. The van der Waals surface area contributed by atoms with E-state index in [1.165, 1.54) is 0 Å². The molecule has 4 heteroatoms. The smallest absolute Gasteiger partial charge is 0.294 e. The molecule has 0 bridgehead atoms. The van der Waals surface area contributed by atoms with Gasteiger partial charge in [0.05, 0.1) is 5.92 Å². The molecule has 0 aromatic heterocycles. The normalized spacial score (nSPS) is 29.8. The van der Waals surface area contributed by atoms with E-state index in [9.17, 15) is 18.0 Å². The first-order valence-corrected chi connectivity index (χ1v) is 6.80. The number of halogens is 3. The van der Waals surface area contributed by atoms with Gasteiger partial charge in [-0.05, 0) is 44.1 Å². The Kier molecular flexibility index (Phi) is 4.13. The van der Waals surface area contributed by atoms with Crippen LogP contribution in [0, 0.1) is 11.8 Å². The number of hydrogen-bond acceptors (Lipinski definition) is 1. The van der Waals surface area contributed by atoms with Crippen LogP contribution in [0.5, 0.6) is 0 Å². The van der Waals surface area contributed by atoms with E-state index in [2.05, 4.69) is 0 Å². The van der Waals surface area contributed by atoms with Crippen LogP contribution in [0.1, 0.15) is 51.4 Å². The zero-order chi connectivity index (χ0) is 13.2. The number of rotatable bonds is 2. The summed E-state index contributed by atoms with van der Waals surface area (Å²) in [4.78, 5) is 12.2. The molecular weight excluding hydrogens is 241 g/mol. The average Bonchev–Trinajstić information content (AvgIpc) is 2.38. The number of allylic oxidation sites excluding steroid dienone is 2. The lowest BCUT2D eigenvalue weighted by Gasteiger charge is -2.32. The number of carbonyl (C=O) groups is 1. The minimum absolute atomic E-state index is 0.118. The van der Waals surface area contributed by atoms with Crippen LogP contribution in [0.2, 0.25) is 0 Å². The number of hydrogen-bond donors (Lipinski definition) is 0. The van der Waals surface area contributed by atoms with Gasteiger partial charge in [-0.25, -0.2) is 0 Å². The minimum atomic E-state index is -4.23. The van der Waals surface area contributed by atoms with Crippen molar-refractivity contribution >= 4 is 5.78 Å². The molecule has 0 aromatic rings. The van der Waals surface area contributed by atoms with Crippen molar-refractivity contribution in [3.63, 3.8) is 0 Å². The van der Waals surface area contributed by atoms with Crippen LogP contribution in [-0.2, 0) is 4.79 Å². The minimum Gasteiger partial charge on any atom is -0.294 e. The van der Waals surface area contributed by atoms with Crippen LogP contribution in [0.25, 0.3) is 0 Å². The summed E-state index contributed by atoms with van der Waals surface area (Å²) in [5, 5.41) is 0. The average molecular weight is 260 g/mol. The second kappa shape index (κ2) is 5.45. The van der Waals surface area contributed by atoms with Crippen LogP contribution in [0.3, 0.4) is 0 Å². The van der Waals surface area contributed by atoms with Gasteiger partial charge in [0.25, 0.3) is 0 Å². The second-order valence-electron chi connectivity index (χ2n) is 5.38. The van der Waals surface area contributed by atoms with Gasteiger partial charge in [-0.3, -0.25) is 4.79 Å². The van der Waals surface area contributed by atoms with Crippen molar-refractivity contribution in [2.24, 2.45) is 11.8 Å². The highest BCUT2D eigenvalue weighted by Gasteiger charge is 2.48. The third kappa shape index (κ3) is 2.96. The molecule has 0 heterocycles. The first kappa shape index (κ1) is 13.6. The molecule has 2 unspecified atom stereocenters. The molecule has 2 rings (SSSR count). The Hall–Kier alpha value is -0.800. The lowest BCUT2D eigenvalue weighted by Crippen LogP contribution is -2.38. The molecule has 0 aliphatic heterocycles. The molecule has 2 aliphatic carbocycles. The van der Waals surface area contributed by atoms with Gasteiger partial charge in [-0.2, -0.15) is 13.2 Å². The molecule has 102 valence electrons. The monoisotopic (exact) mass is 260 g/mol. The fourth-order valence-corrected chi connectivity index (χ4v) is 3.14. The predicted molar refractivity (Wildman–Crippen MR) is 63.1 cm³/mol. The summed E-state index contributed by atoms with van der Waals surface area (Å²) in [6, 6.07) is 0. The largest absolute Gasteiger partial charge is 0.392 e. The third-order valence-electron chi connectivity index (χ3n) is 4.13. The van der Waals surface area contributed by atoms with Gasteiger partial charge in [-0.1, -0.05) is 18.9 Å². The first-order chi connectivity index (χ1) is 8.50. The molecule has 0 N–H and O–H groups in total. The van der Waals surface area contributed by atoms with E-state index in [0.717, 1.165) is 25.7 Å². The van der Waals surface area contributed by atoms with Gasteiger partial charge in [-0.15, -0.1) is 0 Å². The molecule has 1 saturated carbocycles. The summed E-state index contributed by atoms with van der Waals surface area (Å²) in [7, 11) is 0. The van der Waals surface area contributed by atoms with Crippen LogP contribution in [0.4, 0.5) is 13.2 Å². The van der Waals surface area contributed by atoms with Gasteiger partial charge < -0.3 is 0 Å². The van der Waals surface area contributed by atoms with Gasteiger partial charge in [0.1, 0.15) is 0 Å². The van der Waals surface area contributed by atoms with E-state index in [1.54, 1.807) is 0 Å². The van der Waals surface area contributed by atoms with Gasteiger partial charge in [0.2, 0.25) is 0 Å². The van der Waals surface area contributed by atoms with Crippen molar-refractivity contribution in [2.75, 3.05) is 0 Å². The SMILES string of the molecule is O=C(C1=CCCCC1)C1CCCCC1C(F)(F)F. The Bertz CT molecular complexity index is 343. The van der Waals surface area contributed by atoms with Crippen molar-refractivity contribution in [1.29, 1.82) is 0 Å². The maximum absolute atomic E-state index is 12.9. The molecule has 1 fully saturated rings. The maximum atomic E-state index is 12.9. The third-order valence-corrected chi connectivity index (χ3v) is 4.13. The first-order valence-electron chi connectivity index (χ1n) is 6.80. The summed E-state index contributed by atoms with van der Waals surface area (Å²) in [5.41, 5.74) is 0.655. The Balaban J connectivity index is 2.13. The number of alkyl halides is 3. The van der Waals surface area contributed by atoms with E-state index in [0.29, 0.717) is 24.8 Å². The Morgan fingerprint density at radius 3 is 2.44 bits per heavy atom. The van der Waals surface area contributed by atoms with E-state index < -0.39 is 18.0 Å². The highest BCUT2D eigenvalue weighted by Crippen LogP contribution is 2.43. The van der Waals surface area contributed by atoms with Gasteiger partial charge >= 0.3 is 6.18 Å². The van der Waals surface area contributed by atoms with Crippen molar-refractivity contribution in [2.45, 2.75) is 57.5 Å². The van der Waals surface area contributed by atoms with Crippen LogP contribution < -0.4 is 0 Å². The molecule has 2 aliphatic rings. The van der Waals surface area contributed by atoms with Crippen molar-refractivity contribution in [3.8, 4) is 0 Å². The topological polar surface area (TPSA) is 17.1 Å². The van der Waals surface area contributed by atoms with E-state index in [4.69, 9.17) is 0 Å². The second-order valence-corrected chi connectivity index (χ2v) is 5.38. The van der Waals surface area contributed by atoms with Gasteiger partial charge in [0.15, 0.2) is 5.78 Å². The Morgan fingerprint density at radius 1 is 1.11 bits per heavy atom. The molecule has 0 aromatic carbocycles. The summed E-state index contributed by atoms with van der Waals surface area (Å²) in [6.45, 7) is 0. The lowest BCUT2D eigenvalue weighted by molar-refractivity contribution is -0.196. The quantitative estimate of drug-likeness (QED) is 0.718. The fourth-order valence-electron chi connectivity index (χ4n) is 3.14. The fraction of sp³-hybridized carbons (Fsp3) is 0.786. The van der Waals surface area contributed by atoms with Crippen molar-refractivity contribution in [1.82, 2.24) is 0 Å². The molecule has 1 nitrogen and oxygen atoms in total. The molecule has 2 atom stereocenters. The van der Waals surface area contributed by atoms with Crippen LogP contribution in [0.15, 0.2) is 11.6 Å². The zero-order valence-corrected chi connectivity index (χ0v) is 10.4. The molecule has 0 radical (unpaired) electrons. The highest BCUT2D eigenvalue weighted by atomic mass is 19.4. The summed E-state index contributed by atoms with van der Waals surface area (Å²) < 4.78 is 38.8. The van der Waals surface area contributed by atoms with Crippen molar-refractivity contribution in [3.05, 3.63) is 11.6 Å². The molecule has 0 saturated heterocycles. The zero-order valence-electron chi connectivity index (χ0n) is 10.4. The van der Waals surface area contributed by atoms with Crippen LogP contribution in [-0.4, -0.2) is 12.0 Å². The highest BCUT2D eigenvalue weighted by molar-refractivity contribution is 5.97. The molecular formula is C14H19F3O. The summed E-state index contributed by atoms with van der Waals surface area (Å²) in [6.07, 6.45) is 2.97.